The van der Waals surface area contributed by atoms with E-state index in [0.717, 1.165) is 10.8 Å². The Morgan fingerprint density at radius 1 is 1.39 bits per heavy atom. The van der Waals surface area contributed by atoms with Crippen LogP contribution in [0.5, 0.6) is 0 Å². The molecule has 0 aromatic carbocycles. The van der Waals surface area contributed by atoms with Gasteiger partial charge in [0.25, 0.3) is 0 Å². The average Bonchev–Trinajstić information content (AvgIpc) is 2.54. The van der Waals surface area contributed by atoms with E-state index in [1.807, 2.05) is 0 Å². The minimum Gasteiger partial charge on any atom is -0.481 e. The molecule has 0 saturated heterocycles. The molecule has 1 N–H and O–H groups in total. The topological polar surface area (TPSA) is 64.2 Å². The van der Waals surface area contributed by atoms with Gasteiger partial charge in [0.15, 0.2) is 5.92 Å². The number of aromatic nitrogens is 2. The lowest BCUT2D eigenvalue weighted by Crippen LogP contribution is -2.37. The number of aliphatic carboxylic acids is 1. The molecule has 0 fully saturated rings. The molecule has 1 aromatic heterocycles. The first-order valence-electron chi connectivity index (χ1n) is 5.21. The summed E-state index contributed by atoms with van der Waals surface area (Å²) in [4.78, 5) is 22.2. The standard InChI is InChI=1S/C10H13F3N2O3/c1-6(2)15-4-3-14(9(15)18)5-7(8(16)17)10(11,12)13/h3-4,6-7H,5H2,1-2H3,(H,16,17). The highest BCUT2D eigenvalue weighted by Crippen LogP contribution is 2.27. The first kappa shape index (κ1) is 14.3. The fourth-order valence-electron chi connectivity index (χ4n) is 1.48. The number of imidazole rings is 1. The van der Waals surface area contributed by atoms with Crippen molar-refractivity contribution in [2.45, 2.75) is 32.6 Å². The summed E-state index contributed by atoms with van der Waals surface area (Å²) in [5.74, 6) is -4.58. The van der Waals surface area contributed by atoms with E-state index in [4.69, 9.17) is 5.11 Å². The van der Waals surface area contributed by atoms with E-state index >= 15 is 0 Å². The largest absolute Gasteiger partial charge is 0.481 e. The van der Waals surface area contributed by atoms with Gasteiger partial charge in [-0.25, -0.2) is 4.79 Å². The van der Waals surface area contributed by atoms with Crippen LogP contribution < -0.4 is 5.69 Å². The van der Waals surface area contributed by atoms with Gasteiger partial charge in [0, 0.05) is 25.0 Å². The predicted molar refractivity (Wildman–Crippen MR) is 56.3 cm³/mol. The van der Waals surface area contributed by atoms with Gasteiger partial charge in [-0.15, -0.1) is 0 Å². The van der Waals surface area contributed by atoms with Crippen molar-refractivity contribution in [1.29, 1.82) is 0 Å². The molecule has 0 bridgehead atoms. The third-order valence-corrected chi connectivity index (χ3v) is 2.50. The highest BCUT2D eigenvalue weighted by Gasteiger charge is 2.45. The Balaban J connectivity index is 3.03. The van der Waals surface area contributed by atoms with Gasteiger partial charge in [0.05, 0.1) is 0 Å². The lowest BCUT2D eigenvalue weighted by molar-refractivity contribution is -0.196. The lowest BCUT2D eigenvalue weighted by atomic mass is 10.1. The van der Waals surface area contributed by atoms with Crippen molar-refractivity contribution in [3.8, 4) is 0 Å². The Bertz CT molecular complexity index is 487. The van der Waals surface area contributed by atoms with Crippen molar-refractivity contribution in [3.63, 3.8) is 0 Å². The smallest absolute Gasteiger partial charge is 0.403 e. The Kier molecular flexibility index (Phi) is 3.88. The summed E-state index contributed by atoms with van der Waals surface area (Å²) in [6, 6.07) is -0.201. The van der Waals surface area contributed by atoms with Crippen LogP contribution >= 0.6 is 0 Å². The van der Waals surface area contributed by atoms with Crippen LogP contribution in [0.2, 0.25) is 0 Å². The number of carboxylic acids is 1. The number of hydrogen-bond acceptors (Lipinski definition) is 2. The maximum Gasteiger partial charge on any atom is 0.403 e. The van der Waals surface area contributed by atoms with Crippen LogP contribution in [0.15, 0.2) is 17.2 Å². The highest BCUT2D eigenvalue weighted by molar-refractivity contribution is 5.70. The molecule has 0 aliphatic carbocycles. The zero-order chi connectivity index (χ0) is 14.1. The molecule has 1 unspecified atom stereocenters. The number of rotatable bonds is 4. The van der Waals surface area contributed by atoms with Gasteiger partial charge < -0.3 is 5.11 Å². The molecule has 1 heterocycles. The second-order valence-electron chi connectivity index (χ2n) is 4.17. The van der Waals surface area contributed by atoms with Crippen molar-refractivity contribution in [2.75, 3.05) is 0 Å². The molecule has 1 aromatic rings. The van der Waals surface area contributed by atoms with E-state index in [2.05, 4.69) is 0 Å². The fraction of sp³-hybridized carbons (Fsp3) is 0.600. The molecular formula is C10H13F3N2O3. The summed E-state index contributed by atoms with van der Waals surface area (Å²) in [5, 5.41) is 8.53. The molecule has 0 spiro atoms. The van der Waals surface area contributed by atoms with Crippen molar-refractivity contribution in [3.05, 3.63) is 22.9 Å². The highest BCUT2D eigenvalue weighted by atomic mass is 19.4. The third kappa shape index (κ3) is 2.93. The van der Waals surface area contributed by atoms with Gasteiger partial charge in [0.1, 0.15) is 0 Å². The van der Waals surface area contributed by atoms with Gasteiger partial charge in [-0.1, -0.05) is 0 Å². The summed E-state index contributed by atoms with van der Waals surface area (Å²) in [6.07, 6.45) is -2.39. The van der Waals surface area contributed by atoms with Crippen molar-refractivity contribution in [1.82, 2.24) is 9.13 Å². The van der Waals surface area contributed by atoms with Crippen LogP contribution in [0.4, 0.5) is 13.2 Å². The van der Waals surface area contributed by atoms with Crippen LogP contribution in [-0.2, 0) is 11.3 Å². The molecule has 0 radical (unpaired) electrons. The van der Waals surface area contributed by atoms with Crippen LogP contribution in [-0.4, -0.2) is 26.4 Å². The molecule has 0 amide bonds. The average molecular weight is 266 g/mol. The van der Waals surface area contributed by atoms with E-state index in [1.54, 1.807) is 13.8 Å². The van der Waals surface area contributed by atoms with Crippen LogP contribution in [0.1, 0.15) is 19.9 Å². The molecule has 1 atom stereocenters. The van der Waals surface area contributed by atoms with Crippen LogP contribution in [0.25, 0.3) is 0 Å². The maximum atomic E-state index is 12.5. The number of hydrogen-bond donors (Lipinski definition) is 1. The van der Waals surface area contributed by atoms with E-state index in [0.29, 0.717) is 0 Å². The second kappa shape index (κ2) is 4.87. The molecule has 8 heteroatoms. The zero-order valence-electron chi connectivity index (χ0n) is 9.81. The van der Waals surface area contributed by atoms with Gasteiger partial charge in [0.2, 0.25) is 0 Å². The Labute approximate surface area is 100 Å². The fourth-order valence-corrected chi connectivity index (χ4v) is 1.48. The van der Waals surface area contributed by atoms with Crippen molar-refractivity contribution < 1.29 is 23.1 Å². The van der Waals surface area contributed by atoms with Crippen molar-refractivity contribution in [2.24, 2.45) is 5.92 Å². The van der Waals surface area contributed by atoms with E-state index in [-0.39, 0.29) is 6.04 Å². The van der Waals surface area contributed by atoms with E-state index in [1.165, 1.54) is 10.8 Å². The van der Waals surface area contributed by atoms with Crippen LogP contribution in [0.3, 0.4) is 0 Å². The molecule has 0 aliphatic heterocycles. The summed E-state index contributed by atoms with van der Waals surface area (Å²) < 4.78 is 39.3. The summed E-state index contributed by atoms with van der Waals surface area (Å²) in [5.41, 5.74) is -0.652. The Hall–Kier alpha value is -1.73. The molecule has 18 heavy (non-hydrogen) atoms. The molecular weight excluding hydrogens is 253 g/mol. The minimum absolute atomic E-state index is 0.201. The molecule has 5 nitrogen and oxygen atoms in total. The first-order valence-corrected chi connectivity index (χ1v) is 5.21. The Morgan fingerprint density at radius 3 is 2.28 bits per heavy atom. The molecule has 0 saturated carbocycles. The van der Waals surface area contributed by atoms with Gasteiger partial charge in [-0.3, -0.25) is 13.9 Å². The monoisotopic (exact) mass is 266 g/mol. The number of nitrogens with zero attached hydrogens (tertiary/aromatic N) is 2. The summed E-state index contributed by atoms with van der Waals surface area (Å²) >= 11 is 0. The van der Waals surface area contributed by atoms with Crippen LogP contribution in [0, 0.1) is 5.92 Å². The third-order valence-electron chi connectivity index (χ3n) is 2.50. The van der Waals surface area contributed by atoms with E-state index < -0.39 is 30.3 Å². The number of alkyl halides is 3. The predicted octanol–water partition coefficient (Wildman–Crippen LogP) is 1.49. The number of halogens is 3. The van der Waals surface area contributed by atoms with Gasteiger partial charge in [-0.05, 0) is 13.8 Å². The Morgan fingerprint density at radius 2 is 1.94 bits per heavy atom. The zero-order valence-corrected chi connectivity index (χ0v) is 9.81. The van der Waals surface area contributed by atoms with Gasteiger partial charge >= 0.3 is 17.8 Å². The van der Waals surface area contributed by atoms with Gasteiger partial charge in [-0.2, -0.15) is 13.2 Å². The maximum absolute atomic E-state index is 12.5. The molecule has 1 rings (SSSR count). The first-order chi connectivity index (χ1) is 8.14. The normalized spacial score (nSPS) is 13.9. The second-order valence-corrected chi connectivity index (χ2v) is 4.17. The number of carbonyl (C=O) groups is 1. The number of carboxylic acid groups (broad SMARTS) is 1. The summed E-state index contributed by atoms with van der Waals surface area (Å²) in [6.45, 7) is 2.48. The quantitative estimate of drug-likeness (QED) is 0.898. The lowest BCUT2D eigenvalue weighted by Gasteiger charge is -2.16. The van der Waals surface area contributed by atoms with Crippen molar-refractivity contribution >= 4 is 5.97 Å². The minimum atomic E-state index is -4.88. The summed E-state index contributed by atoms with van der Waals surface area (Å²) in [7, 11) is 0. The molecule has 102 valence electrons. The van der Waals surface area contributed by atoms with E-state index in [9.17, 15) is 22.8 Å². The SMILES string of the molecule is CC(C)n1ccn(CC(C(=O)O)C(F)(F)F)c1=O. The molecule has 0 aliphatic rings.